The van der Waals surface area contributed by atoms with Gasteiger partial charge >= 0.3 is 5.97 Å². The van der Waals surface area contributed by atoms with E-state index in [9.17, 15) is 14.0 Å². The van der Waals surface area contributed by atoms with E-state index in [0.29, 0.717) is 16.8 Å². The van der Waals surface area contributed by atoms with E-state index in [-0.39, 0.29) is 6.42 Å². The van der Waals surface area contributed by atoms with Crippen LogP contribution in [-0.4, -0.2) is 31.7 Å². The maximum Gasteiger partial charge on any atom is 0.305 e. The van der Waals surface area contributed by atoms with Gasteiger partial charge < -0.3 is 10.4 Å². The third-order valence-corrected chi connectivity index (χ3v) is 3.78. The minimum atomic E-state index is -1.07. The van der Waals surface area contributed by atoms with Crippen molar-refractivity contribution in [3.05, 3.63) is 78.1 Å². The Labute approximate surface area is 148 Å². The predicted octanol–water partition coefficient (Wildman–Crippen LogP) is 2.35. The third-order valence-electron chi connectivity index (χ3n) is 3.78. The summed E-state index contributed by atoms with van der Waals surface area (Å²) in [5.41, 5.74) is 1.56. The molecule has 1 amide bonds. The Balaban J connectivity index is 1.82. The number of hydrogen-bond donors (Lipinski definition) is 2. The fourth-order valence-corrected chi connectivity index (χ4v) is 2.51. The van der Waals surface area contributed by atoms with Crippen molar-refractivity contribution >= 4 is 11.9 Å². The summed E-state index contributed by atoms with van der Waals surface area (Å²) in [7, 11) is 0. The molecule has 0 saturated heterocycles. The molecule has 0 bridgehead atoms. The molecule has 26 heavy (non-hydrogen) atoms. The zero-order valence-corrected chi connectivity index (χ0v) is 13.5. The highest BCUT2D eigenvalue weighted by Gasteiger charge is 2.19. The average Bonchev–Trinajstić information content (AvgIpc) is 3.16. The molecule has 0 saturated carbocycles. The molecule has 0 radical (unpaired) electrons. The molecular formula is C18H15FN4O3. The monoisotopic (exact) mass is 354 g/mol. The minimum Gasteiger partial charge on any atom is -0.481 e. The zero-order chi connectivity index (χ0) is 18.5. The second-order valence-corrected chi connectivity index (χ2v) is 5.59. The van der Waals surface area contributed by atoms with Crippen molar-refractivity contribution < 1.29 is 19.1 Å². The van der Waals surface area contributed by atoms with Crippen LogP contribution < -0.4 is 5.32 Å². The molecule has 2 N–H and O–H groups in total. The van der Waals surface area contributed by atoms with Gasteiger partial charge in [-0.05, 0) is 35.9 Å². The molecule has 1 unspecified atom stereocenters. The van der Waals surface area contributed by atoms with Crippen LogP contribution in [0.15, 0.2) is 61.2 Å². The van der Waals surface area contributed by atoms with Crippen LogP contribution in [0.5, 0.6) is 0 Å². The molecule has 1 aromatic heterocycles. The van der Waals surface area contributed by atoms with Gasteiger partial charge in [-0.15, -0.1) is 10.2 Å². The summed E-state index contributed by atoms with van der Waals surface area (Å²) >= 11 is 0. The van der Waals surface area contributed by atoms with Gasteiger partial charge in [0.25, 0.3) is 5.91 Å². The van der Waals surface area contributed by atoms with Crippen LogP contribution in [0.4, 0.5) is 4.39 Å². The molecule has 0 aliphatic heterocycles. The second-order valence-electron chi connectivity index (χ2n) is 5.59. The largest absolute Gasteiger partial charge is 0.481 e. The number of nitrogens with one attached hydrogen (secondary N) is 1. The number of halogens is 1. The van der Waals surface area contributed by atoms with Crippen molar-refractivity contribution in [1.82, 2.24) is 20.1 Å². The first kappa shape index (κ1) is 17.3. The number of carbonyl (C=O) groups excluding carboxylic acids is 1. The summed E-state index contributed by atoms with van der Waals surface area (Å²) in [4.78, 5) is 23.7. The van der Waals surface area contributed by atoms with Crippen molar-refractivity contribution in [2.45, 2.75) is 12.5 Å². The van der Waals surface area contributed by atoms with Crippen LogP contribution in [-0.2, 0) is 4.79 Å². The lowest BCUT2D eigenvalue weighted by molar-refractivity contribution is -0.137. The second kappa shape index (κ2) is 7.56. The smallest absolute Gasteiger partial charge is 0.305 e. The van der Waals surface area contributed by atoms with Gasteiger partial charge in [-0.1, -0.05) is 18.2 Å². The molecule has 3 aromatic rings. The van der Waals surface area contributed by atoms with E-state index >= 15 is 0 Å². The van der Waals surface area contributed by atoms with E-state index in [4.69, 9.17) is 5.11 Å². The van der Waals surface area contributed by atoms with Crippen molar-refractivity contribution in [2.75, 3.05) is 0 Å². The molecular weight excluding hydrogens is 339 g/mol. The maximum atomic E-state index is 13.1. The topological polar surface area (TPSA) is 97.1 Å². The number of aliphatic carboxylic acids is 1. The molecule has 0 aliphatic rings. The van der Waals surface area contributed by atoms with E-state index in [2.05, 4.69) is 15.5 Å². The van der Waals surface area contributed by atoms with Crippen molar-refractivity contribution in [1.29, 1.82) is 0 Å². The van der Waals surface area contributed by atoms with E-state index in [1.165, 1.54) is 36.9 Å². The highest BCUT2D eigenvalue weighted by molar-refractivity contribution is 5.95. The van der Waals surface area contributed by atoms with Crippen LogP contribution >= 0.6 is 0 Å². The van der Waals surface area contributed by atoms with Crippen LogP contribution in [0.1, 0.15) is 28.4 Å². The van der Waals surface area contributed by atoms with Crippen molar-refractivity contribution in [2.24, 2.45) is 0 Å². The summed E-state index contributed by atoms with van der Waals surface area (Å²) < 4.78 is 14.7. The number of aromatic nitrogens is 3. The minimum absolute atomic E-state index is 0.317. The summed E-state index contributed by atoms with van der Waals surface area (Å²) in [5.74, 6) is -1.94. The predicted molar refractivity (Wildman–Crippen MR) is 90.2 cm³/mol. The third kappa shape index (κ3) is 4.10. The molecule has 0 aliphatic carbocycles. The molecule has 0 spiro atoms. The number of carboxylic acid groups (broad SMARTS) is 1. The molecule has 0 fully saturated rings. The Morgan fingerprint density at radius 3 is 2.46 bits per heavy atom. The molecule has 2 aromatic carbocycles. The molecule has 1 heterocycles. The van der Waals surface area contributed by atoms with Crippen LogP contribution in [0.3, 0.4) is 0 Å². The van der Waals surface area contributed by atoms with E-state index in [0.717, 1.165) is 0 Å². The van der Waals surface area contributed by atoms with Gasteiger partial charge in [-0.2, -0.15) is 0 Å². The van der Waals surface area contributed by atoms with E-state index < -0.39 is 23.7 Å². The lowest BCUT2D eigenvalue weighted by Gasteiger charge is -2.18. The van der Waals surface area contributed by atoms with E-state index in [1.54, 1.807) is 28.8 Å². The standard InChI is InChI=1S/C18H15FN4O3/c19-14-6-4-12(5-7-14)16(9-17(24)25)22-18(26)13-2-1-3-15(8-13)23-10-20-21-11-23/h1-8,10-11,16H,9H2,(H,22,26)(H,24,25). The van der Waals surface area contributed by atoms with Crippen LogP contribution in [0.2, 0.25) is 0 Å². The Kier molecular flexibility index (Phi) is 5.02. The average molecular weight is 354 g/mol. The lowest BCUT2D eigenvalue weighted by atomic mass is 10.0. The quantitative estimate of drug-likeness (QED) is 0.708. The Morgan fingerprint density at radius 2 is 1.81 bits per heavy atom. The molecule has 132 valence electrons. The Morgan fingerprint density at radius 1 is 1.12 bits per heavy atom. The number of carboxylic acids is 1. The van der Waals surface area contributed by atoms with Gasteiger partial charge in [0, 0.05) is 11.3 Å². The SMILES string of the molecule is O=C(O)CC(NC(=O)c1cccc(-n2cnnc2)c1)c1ccc(F)cc1. The first-order valence-corrected chi connectivity index (χ1v) is 7.76. The number of benzene rings is 2. The Hall–Kier alpha value is -3.55. The number of nitrogens with zero attached hydrogens (tertiary/aromatic N) is 3. The fourth-order valence-electron chi connectivity index (χ4n) is 2.51. The van der Waals surface area contributed by atoms with Crippen LogP contribution in [0, 0.1) is 5.82 Å². The van der Waals surface area contributed by atoms with Gasteiger partial charge in [0.2, 0.25) is 0 Å². The number of carbonyl (C=O) groups is 2. The first-order chi connectivity index (χ1) is 12.5. The summed E-state index contributed by atoms with van der Waals surface area (Å²) in [6.45, 7) is 0. The van der Waals surface area contributed by atoms with Crippen molar-refractivity contribution in [3.8, 4) is 5.69 Å². The van der Waals surface area contributed by atoms with Gasteiger partial charge in [0.15, 0.2) is 0 Å². The molecule has 1 atom stereocenters. The fraction of sp³-hybridized carbons (Fsp3) is 0.111. The van der Waals surface area contributed by atoms with Gasteiger partial charge in [-0.25, -0.2) is 4.39 Å². The summed E-state index contributed by atoms with van der Waals surface area (Å²) in [6, 6.07) is 11.3. The normalized spacial score (nSPS) is 11.7. The summed E-state index contributed by atoms with van der Waals surface area (Å²) in [5, 5.41) is 19.2. The summed E-state index contributed by atoms with van der Waals surface area (Å²) in [6.07, 6.45) is 2.69. The number of rotatable bonds is 6. The molecule has 3 rings (SSSR count). The van der Waals surface area contributed by atoms with Gasteiger partial charge in [0.05, 0.1) is 12.5 Å². The number of hydrogen-bond acceptors (Lipinski definition) is 4. The Bertz CT molecular complexity index is 910. The lowest BCUT2D eigenvalue weighted by Crippen LogP contribution is -2.30. The first-order valence-electron chi connectivity index (χ1n) is 7.76. The van der Waals surface area contributed by atoms with Crippen molar-refractivity contribution in [3.63, 3.8) is 0 Å². The van der Waals surface area contributed by atoms with Gasteiger partial charge in [-0.3, -0.25) is 14.2 Å². The van der Waals surface area contributed by atoms with E-state index in [1.807, 2.05) is 0 Å². The van der Waals surface area contributed by atoms with Gasteiger partial charge in [0.1, 0.15) is 18.5 Å². The molecule has 7 nitrogen and oxygen atoms in total. The highest BCUT2D eigenvalue weighted by Crippen LogP contribution is 2.19. The highest BCUT2D eigenvalue weighted by atomic mass is 19.1. The molecule has 8 heteroatoms. The van der Waals surface area contributed by atoms with Crippen LogP contribution in [0.25, 0.3) is 5.69 Å². The zero-order valence-electron chi connectivity index (χ0n) is 13.5. The number of amides is 1. The maximum absolute atomic E-state index is 13.1.